The van der Waals surface area contributed by atoms with Gasteiger partial charge in [0.1, 0.15) is 5.75 Å². The molecule has 0 spiro atoms. The number of aliphatic imine (C=N–C) groups is 1. The highest BCUT2D eigenvalue weighted by atomic mass is 35.5. The predicted octanol–water partition coefficient (Wildman–Crippen LogP) is 3.98. The zero-order valence-electron chi connectivity index (χ0n) is 10.2. The molecule has 0 amide bonds. The van der Waals surface area contributed by atoms with Gasteiger partial charge in [-0.2, -0.15) is 0 Å². The van der Waals surface area contributed by atoms with Crippen molar-refractivity contribution in [3.8, 4) is 5.75 Å². The SMILES string of the molecule is CCCN(C)C=Nc1cc(C(F)F)c(O)cc1Cl. The van der Waals surface area contributed by atoms with Crippen LogP contribution in [0.1, 0.15) is 25.3 Å². The van der Waals surface area contributed by atoms with Crippen molar-refractivity contribution >= 4 is 23.6 Å². The molecule has 0 atom stereocenters. The summed E-state index contributed by atoms with van der Waals surface area (Å²) in [7, 11) is 1.83. The Morgan fingerprint density at radius 3 is 2.72 bits per heavy atom. The number of aromatic hydroxyl groups is 1. The smallest absolute Gasteiger partial charge is 0.267 e. The molecule has 18 heavy (non-hydrogen) atoms. The Balaban J connectivity index is 2.98. The number of benzene rings is 1. The van der Waals surface area contributed by atoms with Crippen LogP contribution in [0.4, 0.5) is 14.5 Å². The zero-order valence-corrected chi connectivity index (χ0v) is 11.0. The quantitative estimate of drug-likeness (QED) is 0.652. The van der Waals surface area contributed by atoms with Gasteiger partial charge in [0.15, 0.2) is 0 Å². The molecule has 1 aromatic carbocycles. The highest BCUT2D eigenvalue weighted by molar-refractivity contribution is 6.33. The summed E-state index contributed by atoms with van der Waals surface area (Å²) in [6, 6.07) is 2.17. The van der Waals surface area contributed by atoms with Gasteiger partial charge >= 0.3 is 0 Å². The summed E-state index contributed by atoms with van der Waals surface area (Å²) in [4.78, 5) is 5.86. The molecule has 0 aliphatic carbocycles. The van der Waals surface area contributed by atoms with E-state index < -0.39 is 17.7 Å². The molecule has 0 aromatic heterocycles. The lowest BCUT2D eigenvalue weighted by Crippen LogP contribution is -2.16. The van der Waals surface area contributed by atoms with E-state index in [9.17, 15) is 13.9 Å². The number of nitrogens with zero attached hydrogens (tertiary/aromatic N) is 2. The Bertz CT molecular complexity index is 438. The highest BCUT2D eigenvalue weighted by Gasteiger charge is 2.15. The maximum Gasteiger partial charge on any atom is 0.267 e. The molecule has 0 unspecified atom stereocenters. The van der Waals surface area contributed by atoms with Crippen LogP contribution in [0.3, 0.4) is 0 Å². The molecule has 0 bridgehead atoms. The standard InChI is InChI=1S/C12H15ClF2N2O/c1-3-4-17(2)7-16-10-5-8(12(14)15)11(18)6-9(10)13/h5-7,12,18H,3-4H2,1-2H3. The van der Waals surface area contributed by atoms with Crippen LogP contribution in [-0.4, -0.2) is 29.9 Å². The number of alkyl halides is 2. The van der Waals surface area contributed by atoms with Crippen molar-refractivity contribution in [2.75, 3.05) is 13.6 Å². The van der Waals surface area contributed by atoms with Crippen molar-refractivity contribution in [3.63, 3.8) is 0 Å². The van der Waals surface area contributed by atoms with Crippen LogP contribution in [0.25, 0.3) is 0 Å². The van der Waals surface area contributed by atoms with Crippen LogP contribution in [-0.2, 0) is 0 Å². The molecule has 0 aliphatic rings. The average Bonchev–Trinajstić information content (AvgIpc) is 2.27. The van der Waals surface area contributed by atoms with Crippen LogP contribution >= 0.6 is 11.6 Å². The summed E-state index contributed by atoms with van der Waals surface area (Å²) in [5.41, 5.74) is -0.252. The maximum absolute atomic E-state index is 12.6. The Labute approximate surface area is 110 Å². The Kier molecular flexibility index (Phi) is 5.34. The van der Waals surface area contributed by atoms with Crippen molar-refractivity contribution in [3.05, 3.63) is 22.7 Å². The van der Waals surface area contributed by atoms with Crippen molar-refractivity contribution in [2.24, 2.45) is 4.99 Å². The van der Waals surface area contributed by atoms with E-state index in [1.807, 2.05) is 18.9 Å². The van der Waals surface area contributed by atoms with Crippen LogP contribution in [0.15, 0.2) is 17.1 Å². The van der Waals surface area contributed by atoms with E-state index >= 15 is 0 Å². The van der Waals surface area contributed by atoms with Gasteiger partial charge in [-0.25, -0.2) is 13.8 Å². The fourth-order valence-electron chi connectivity index (χ4n) is 1.41. The number of halogens is 3. The van der Waals surface area contributed by atoms with Crippen molar-refractivity contribution in [2.45, 2.75) is 19.8 Å². The van der Waals surface area contributed by atoms with Gasteiger partial charge in [0.2, 0.25) is 0 Å². The van der Waals surface area contributed by atoms with Gasteiger partial charge in [-0.05, 0) is 12.5 Å². The monoisotopic (exact) mass is 276 g/mol. The molecule has 0 heterocycles. The lowest BCUT2D eigenvalue weighted by atomic mass is 10.2. The Morgan fingerprint density at radius 1 is 1.50 bits per heavy atom. The molecule has 0 radical (unpaired) electrons. The molecular weight excluding hydrogens is 262 g/mol. The minimum atomic E-state index is -2.76. The lowest BCUT2D eigenvalue weighted by molar-refractivity contribution is 0.147. The zero-order chi connectivity index (χ0) is 13.7. The topological polar surface area (TPSA) is 35.8 Å². The first-order chi connectivity index (χ1) is 8.45. The Hall–Kier alpha value is -1.36. The molecule has 3 nitrogen and oxygen atoms in total. The van der Waals surface area contributed by atoms with Crippen LogP contribution < -0.4 is 0 Å². The normalized spacial score (nSPS) is 11.4. The van der Waals surface area contributed by atoms with E-state index in [4.69, 9.17) is 11.6 Å². The second kappa shape index (κ2) is 6.54. The Morgan fingerprint density at radius 2 is 2.17 bits per heavy atom. The largest absolute Gasteiger partial charge is 0.507 e. The first-order valence-electron chi connectivity index (χ1n) is 5.50. The minimum Gasteiger partial charge on any atom is -0.507 e. The number of phenolic OH excluding ortho intramolecular Hbond substituents is 1. The van der Waals surface area contributed by atoms with E-state index in [1.54, 1.807) is 0 Å². The highest BCUT2D eigenvalue weighted by Crippen LogP contribution is 2.36. The van der Waals surface area contributed by atoms with Crippen LogP contribution in [0.2, 0.25) is 5.02 Å². The van der Waals surface area contributed by atoms with Crippen molar-refractivity contribution in [1.82, 2.24) is 4.90 Å². The van der Waals surface area contributed by atoms with E-state index in [0.29, 0.717) is 0 Å². The molecule has 0 aliphatic heterocycles. The van der Waals surface area contributed by atoms with Gasteiger partial charge in [0.25, 0.3) is 6.43 Å². The second-order valence-corrected chi connectivity index (χ2v) is 4.30. The molecule has 1 rings (SSSR count). The fraction of sp³-hybridized carbons (Fsp3) is 0.417. The summed E-state index contributed by atoms with van der Waals surface area (Å²) in [6.45, 7) is 2.83. The van der Waals surface area contributed by atoms with Gasteiger partial charge in [0, 0.05) is 19.7 Å². The third kappa shape index (κ3) is 3.84. The molecular formula is C12H15ClF2N2O. The van der Waals surface area contributed by atoms with Crippen LogP contribution in [0.5, 0.6) is 5.75 Å². The second-order valence-electron chi connectivity index (χ2n) is 3.89. The molecule has 1 N–H and O–H groups in total. The number of phenols is 1. The lowest BCUT2D eigenvalue weighted by Gasteiger charge is -2.11. The summed E-state index contributed by atoms with van der Waals surface area (Å²) in [5.74, 6) is -0.518. The molecule has 100 valence electrons. The van der Waals surface area contributed by atoms with Gasteiger partial charge in [-0.3, -0.25) is 0 Å². The number of hydrogen-bond acceptors (Lipinski definition) is 2. The van der Waals surface area contributed by atoms with Gasteiger partial charge in [0.05, 0.1) is 22.6 Å². The van der Waals surface area contributed by atoms with Gasteiger partial charge in [-0.1, -0.05) is 18.5 Å². The summed E-state index contributed by atoms with van der Waals surface area (Å²) in [5, 5.41) is 9.46. The van der Waals surface area contributed by atoms with E-state index in [-0.39, 0.29) is 10.7 Å². The van der Waals surface area contributed by atoms with E-state index in [0.717, 1.165) is 25.1 Å². The summed E-state index contributed by atoms with van der Waals surface area (Å²) in [6.07, 6.45) is -0.282. The fourth-order valence-corrected chi connectivity index (χ4v) is 1.62. The average molecular weight is 277 g/mol. The first-order valence-corrected chi connectivity index (χ1v) is 5.88. The maximum atomic E-state index is 12.6. The summed E-state index contributed by atoms with van der Waals surface area (Å²) >= 11 is 5.83. The third-order valence-electron chi connectivity index (χ3n) is 2.30. The molecule has 6 heteroatoms. The first kappa shape index (κ1) is 14.7. The molecule has 0 fully saturated rings. The molecule has 0 saturated heterocycles. The van der Waals surface area contributed by atoms with E-state index in [1.165, 1.54) is 6.34 Å². The van der Waals surface area contributed by atoms with Crippen molar-refractivity contribution in [1.29, 1.82) is 0 Å². The van der Waals surface area contributed by atoms with Crippen molar-refractivity contribution < 1.29 is 13.9 Å². The van der Waals surface area contributed by atoms with E-state index in [2.05, 4.69) is 4.99 Å². The van der Waals surface area contributed by atoms with Gasteiger partial charge < -0.3 is 10.0 Å². The minimum absolute atomic E-state index is 0.137. The van der Waals surface area contributed by atoms with Gasteiger partial charge in [-0.15, -0.1) is 0 Å². The third-order valence-corrected chi connectivity index (χ3v) is 2.60. The number of hydrogen-bond donors (Lipinski definition) is 1. The summed E-state index contributed by atoms with van der Waals surface area (Å²) < 4.78 is 25.2. The molecule has 1 aromatic rings. The predicted molar refractivity (Wildman–Crippen MR) is 69.1 cm³/mol. The van der Waals surface area contributed by atoms with Crippen LogP contribution in [0, 0.1) is 0 Å². The number of rotatable bonds is 5. The molecule has 0 saturated carbocycles.